The number of alkyl carbamates (subject to hydrolysis) is 1. The lowest BCUT2D eigenvalue weighted by atomic mass is 10.1. The monoisotopic (exact) mass is 414 g/mol. The molecule has 0 aliphatic rings. The maximum atomic E-state index is 12.3. The van der Waals surface area contributed by atoms with E-state index in [1.165, 1.54) is 0 Å². The summed E-state index contributed by atoms with van der Waals surface area (Å²) in [6.45, 7) is 7.62. The number of anilines is 1. The van der Waals surface area contributed by atoms with E-state index in [0.29, 0.717) is 18.0 Å². The fraction of sp³-hybridized carbons (Fsp3) is 0.391. The van der Waals surface area contributed by atoms with Gasteiger partial charge in [-0.05, 0) is 63.1 Å². The molecule has 0 bridgehead atoms. The van der Waals surface area contributed by atoms with Crippen LogP contribution in [0.25, 0.3) is 0 Å². The van der Waals surface area contributed by atoms with E-state index < -0.39 is 23.7 Å². The van der Waals surface area contributed by atoms with Gasteiger partial charge in [0.25, 0.3) is 0 Å². The number of esters is 1. The molecule has 1 amide bonds. The molecule has 2 aromatic rings. The minimum atomic E-state index is -0.848. The molecule has 0 saturated heterocycles. The number of benzene rings is 2. The lowest BCUT2D eigenvalue weighted by molar-refractivity contribution is -0.145. The number of hydrogen-bond donors (Lipinski definition) is 2. The summed E-state index contributed by atoms with van der Waals surface area (Å²) >= 11 is 0. The van der Waals surface area contributed by atoms with Crippen LogP contribution in [0, 0.1) is 0 Å². The predicted molar refractivity (Wildman–Crippen MR) is 115 cm³/mol. The molecule has 7 nitrogen and oxygen atoms in total. The number of carbonyl (C=O) groups excluding carboxylic acids is 2. The Labute approximate surface area is 177 Å². The molecule has 3 N–H and O–H groups in total. The third kappa shape index (κ3) is 8.03. The van der Waals surface area contributed by atoms with E-state index in [2.05, 4.69) is 5.32 Å². The Bertz CT molecular complexity index is 843. The third-order valence-electron chi connectivity index (χ3n) is 3.98. The lowest BCUT2D eigenvalue weighted by Gasteiger charge is -2.23. The SMILES string of the molecule is CCOC(=O)C(Cc1ccc(OCc2cccc(N)c2)cc1)NC(=O)OC(C)(C)C. The van der Waals surface area contributed by atoms with Crippen molar-refractivity contribution >= 4 is 17.7 Å². The molecule has 2 rings (SSSR count). The Morgan fingerprint density at radius 2 is 1.77 bits per heavy atom. The molecule has 1 unspecified atom stereocenters. The van der Waals surface area contributed by atoms with Gasteiger partial charge in [-0.15, -0.1) is 0 Å². The Hall–Kier alpha value is -3.22. The van der Waals surface area contributed by atoms with E-state index >= 15 is 0 Å². The minimum absolute atomic E-state index is 0.224. The van der Waals surface area contributed by atoms with Gasteiger partial charge in [-0.3, -0.25) is 0 Å². The summed E-state index contributed by atoms with van der Waals surface area (Å²) in [7, 11) is 0. The Morgan fingerprint density at radius 1 is 1.07 bits per heavy atom. The van der Waals surface area contributed by atoms with Crippen LogP contribution in [0.15, 0.2) is 48.5 Å². The molecular weight excluding hydrogens is 384 g/mol. The first-order valence-electron chi connectivity index (χ1n) is 9.88. The summed E-state index contributed by atoms with van der Waals surface area (Å²) in [5.41, 5.74) is 7.63. The van der Waals surface area contributed by atoms with E-state index in [0.717, 1.165) is 11.1 Å². The Balaban J connectivity index is 1.99. The van der Waals surface area contributed by atoms with Gasteiger partial charge in [-0.2, -0.15) is 0 Å². The predicted octanol–water partition coefficient (Wildman–Crippen LogP) is 3.85. The molecule has 0 fully saturated rings. The molecule has 0 aliphatic heterocycles. The van der Waals surface area contributed by atoms with Crippen LogP contribution >= 0.6 is 0 Å². The maximum absolute atomic E-state index is 12.3. The highest BCUT2D eigenvalue weighted by atomic mass is 16.6. The van der Waals surface area contributed by atoms with E-state index in [-0.39, 0.29) is 13.0 Å². The van der Waals surface area contributed by atoms with Crippen LogP contribution in [0.5, 0.6) is 5.75 Å². The minimum Gasteiger partial charge on any atom is -0.489 e. The van der Waals surface area contributed by atoms with Crippen LogP contribution < -0.4 is 15.8 Å². The van der Waals surface area contributed by atoms with Crippen molar-refractivity contribution in [3.8, 4) is 5.75 Å². The van der Waals surface area contributed by atoms with Crippen molar-refractivity contribution in [2.45, 2.75) is 52.4 Å². The van der Waals surface area contributed by atoms with E-state index in [1.54, 1.807) is 27.7 Å². The number of nitrogens with two attached hydrogens (primary N) is 1. The average molecular weight is 415 g/mol. The first-order chi connectivity index (χ1) is 14.2. The van der Waals surface area contributed by atoms with Gasteiger partial charge in [0.05, 0.1) is 6.61 Å². The highest BCUT2D eigenvalue weighted by Crippen LogP contribution is 2.17. The number of nitrogens with one attached hydrogen (secondary N) is 1. The second kappa shape index (κ2) is 10.5. The second-order valence-electron chi connectivity index (χ2n) is 7.83. The molecule has 0 heterocycles. The zero-order valence-corrected chi connectivity index (χ0v) is 17.9. The summed E-state index contributed by atoms with van der Waals surface area (Å²) in [5, 5.41) is 2.59. The van der Waals surface area contributed by atoms with Gasteiger partial charge in [0, 0.05) is 12.1 Å². The van der Waals surface area contributed by atoms with Crippen molar-refractivity contribution in [3.05, 3.63) is 59.7 Å². The lowest BCUT2D eigenvalue weighted by Crippen LogP contribution is -2.45. The highest BCUT2D eigenvalue weighted by Gasteiger charge is 2.25. The first-order valence-corrected chi connectivity index (χ1v) is 9.88. The van der Waals surface area contributed by atoms with Crippen molar-refractivity contribution in [2.24, 2.45) is 0 Å². The van der Waals surface area contributed by atoms with Crippen LogP contribution in [0.3, 0.4) is 0 Å². The Morgan fingerprint density at radius 3 is 2.37 bits per heavy atom. The molecule has 30 heavy (non-hydrogen) atoms. The van der Waals surface area contributed by atoms with Crippen LogP contribution in [0.2, 0.25) is 0 Å². The van der Waals surface area contributed by atoms with Gasteiger partial charge in [0.1, 0.15) is 24.0 Å². The molecule has 2 aromatic carbocycles. The fourth-order valence-electron chi connectivity index (χ4n) is 2.69. The van der Waals surface area contributed by atoms with Gasteiger partial charge in [0.2, 0.25) is 0 Å². The standard InChI is InChI=1S/C23H30N2O5/c1-5-28-21(26)20(25-22(27)30-23(2,3)4)14-16-9-11-19(12-10-16)29-15-17-7-6-8-18(24)13-17/h6-13,20H,5,14-15,24H2,1-4H3,(H,25,27). The number of carbonyl (C=O) groups is 2. The van der Waals surface area contributed by atoms with Crippen molar-refractivity contribution < 1.29 is 23.8 Å². The highest BCUT2D eigenvalue weighted by molar-refractivity contribution is 5.81. The number of hydrogen-bond acceptors (Lipinski definition) is 6. The molecule has 7 heteroatoms. The Kier molecular flexibility index (Phi) is 8.09. The van der Waals surface area contributed by atoms with Gasteiger partial charge >= 0.3 is 12.1 Å². The summed E-state index contributed by atoms with van der Waals surface area (Å²) in [6, 6.07) is 14.0. The fourth-order valence-corrected chi connectivity index (χ4v) is 2.69. The van der Waals surface area contributed by atoms with Crippen molar-refractivity contribution in [1.82, 2.24) is 5.32 Å². The number of nitrogen functional groups attached to an aromatic ring is 1. The van der Waals surface area contributed by atoms with Crippen LogP contribution in [-0.4, -0.2) is 30.3 Å². The van der Waals surface area contributed by atoms with Gasteiger partial charge in [-0.25, -0.2) is 9.59 Å². The maximum Gasteiger partial charge on any atom is 0.408 e. The molecule has 1 atom stereocenters. The zero-order chi connectivity index (χ0) is 22.1. The van der Waals surface area contributed by atoms with E-state index in [9.17, 15) is 9.59 Å². The summed E-state index contributed by atoms with van der Waals surface area (Å²) in [5.74, 6) is 0.180. The van der Waals surface area contributed by atoms with Crippen molar-refractivity contribution in [3.63, 3.8) is 0 Å². The average Bonchev–Trinajstić information content (AvgIpc) is 2.66. The normalized spacial score (nSPS) is 12.0. The molecular formula is C23H30N2O5. The quantitative estimate of drug-likeness (QED) is 0.503. The van der Waals surface area contributed by atoms with Crippen molar-refractivity contribution in [2.75, 3.05) is 12.3 Å². The molecule has 162 valence electrons. The number of rotatable bonds is 8. The summed E-state index contributed by atoms with van der Waals surface area (Å²) in [4.78, 5) is 24.4. The van der Waals surface area contributed by atoms with Crippen molar-refractivity contribution in [1.29, 1.82) is 0 Å². The molecule has 0 spiro atoms. The topological polar surface area (TPSA) is 99.9 Å². The van der Waals surface area contributed by atoms with Gasteiger partial charge in [-0.1, -0.05) is 24.3 Å². The molecule has 0 aliphatic carbocycles. The van der Waals surface area contributed by atoms with Gasteiger partial charge < -0.3 is 25.3 Å². The summed E-state index contributed by atoms with van der Waals surface area (Å²) < 4.78 is 16.1. The molecule has 0 saturated carbocycles. The molecule has 0 radical (unpaired) electrons. The van der Waals surface area contributed by atoms with Crippen LogP contribution in [-0.2, 0) is 27.3 Å². The third-order valence-corrected chi connectivity index (χ3v) is 3.98. The van der Waals surface area contributed by atoms with E-state index in [1.807, 2.05) is 48.5 Å². The second-order valence-corrected chi connectivity index (χ2v) is 7.83. The van der Waals surface area contributed by atoms with Crippen LogP contribution in [0.1, 0.15) is 38.8 Å². The largest absolute Gasteiger partial charge is 0.489 e. The number of amides is 1. The zero-order valence-electron chi connectivity index (χ0n) is 17.9. The van der Waals surface area contributed by atoms with Gasteiger partial charge in [0.15, 0.2) is 0 Å². The first kappa shape index (κ1) is 23.1. The smallest absolute Gasteiger partial charge is 0.408 e. The molecule has 0 aromatic heterocycles. The van der Waals surface area contributed by atoms with Crippen LogP contribution in [0.4, 0.5) is 10.5 Å². The number of ether oxygens (including phenoxy) is 3. The summed E-state index contributed by atoms with van der Waals surface area (Å²) in [6.07, 6.45) is -0.393. The van der Waals surface area contributed by atoms with E-state index in [4.69, 9.17) is 19.9 Å².